The number of hydrazine groups is 1. The summed E-state index contributed by atoms with van der Waals surface area (Å²) in [5.41, 5.74) is -0.143. The van der Waals surface area contributed by atoms with Crippen molar-refractivity contribution in [2.75, 3.05) is 7.05 Å². The minimum absolute atomic E-state index is 0.0958. The smallest absolute Gasteiger partial charge is 0.258 e. The molecule has 0 amide bonds. The Balaban J connectivity index is 3.39. The molecule has 0 unspecified atom stereocenters. The lowest BCUT2D eigenvalue weighted by Gasteiger charge is -2.09. The van der Waals surface area contributed by atoms with Crippen molar-refractivity contribution >= 4 is 15.7 Å². The zero-order chi connectivity index (χ0) is 14.1. The molecule has 0 bridgehead atoms. The second-order valence-corrected chi connectivity index (χ2v) is 5.33. The van der Waals surface area contributed by atoms with Crippen LogP contribution in [0.4, 0.5) is 5.69 Å². The lowest BCUT2D eigenvalue weighted by molar-refractivity contribution is -0.613. The summed E-state index contributed by atoms with van der Waals surface area (Å²) in [7, 11) is -3.63. The van der Waals surface area contributed by atoms with Gasteiger partial charge in [-0.1, -0.05) is 6.07 Å². The highest BCUT2D eigenvalue weighted by Gasteiger charge is 2.30. The van der Waals surface area contributed by atoms with Crippen LogP contribution in [0.2, 0.25) is 0 Å². The minimum atomic E-state index is -4.38. The zero-order valence-corrected chi connectivity index (χ0v) is 10.2. The Hall–Kier alpha value is -2.23. The summed E-state index contributed by atoms with van der Waals surface area (Å²) in [5, 5.41) is 20.0. The Labute approximate surface area is 102 Å². The molecule has 0 aliphatic rings. The normalized spacial score (nSPS) is 11.0. The molecule has 1 aromatic rings. The van der Waals surface area contributed by atoms with E-state index in [0.717, 1.165) is 19.2 Å². The Morgan fingerprint density at radius 2 is 1.78 bits per heavy atom. The van der Waals surface area contributed by atoms with Gasteiger partial charge in [-0.15, -0.1) is 0 Å². The first-order valence-corrected chi connectivity index (χ1v) is 6.00. The highest BCUT2D eigenvalue weighted by atomic mass is 32.2. The van der Waals surface area contributed by atoms with Crippen LogP contribution >= 0.6 is 0 Å². The number of sulfonamides is 1. The van der Waals surface area contributed by atoms with Gasteiger partial charge >= 0.3 is 10.0 Å². The third-order valence-corrected chi connectivity index (χ3v) is 3.93. The van der Waals surface area contributed by atoms with E-state index in [1.54, 1.807) is 0 Å². The summed E-state index contributed by atoms with van der Waals surface area (Å²) in [4.78, 5) is 19.8. The van der Waals surface area contributed by atoms with Gasteiger partial charge in [-0.05, 0) is 17.4 Å². The summed E-state index contributed by atoms with van der Waals surface area (Å²) < 4.78 is 23.3. The summed E-state index contributed by atoms with van der Waals surface area (Å²) >= 11 is 0. The molecule has 0 saturated carbocycles. The topological polar surface area (TPSA) is 124 Å². The first kappa shape index (κ1) is 13.8. The molecule has 0 saturated heterocycles. The number of rotatable bonds is 4. The minimum Gasteiger partial charge on any atom is -0.258 e. The molecule has 1 rings (SSSR count). The molecule has 10 heteroatoms. The van der Waals surface area contributed by atoms with E-state index in [2.05, 4.69) is 0 Å². The van der Waals surface area contributed by atoms with Crippen LogP contribution in [0.25, 0.3) is 0 Å². The van der Waals surface area contributed by atoms with E-state index >= 15 is 0 Å². The van der Waals surface area contributed by atoms with Gasteiger partial charge < -0.3 is 0 Å². The van der Waals surface area contributed by atoms with E-state index in [1.807, 2.05) is 0 Å². The maximum absolute atomic E-state index is 11.7. The van der Waals surface area contributed by atoms with Gasteiger partial charge in [0, 0.05) is 11.6 Å². The third-order valence-electron chi connectivity index (χ3n) is 2.25. The van der Waals surface area contributed by atoms with Gasteiger partial charge in [0.1, 0.15) is 0 Å². The van der Waals surface area contributed by atoms with E-state index < -0.39 is 30.6 Å². The predicted molar refractivity (Wildman–Crippen MR) is 59.8 cm³/mol. The van der Waals surface area contributed by atoms with Crippen molar-refractivity contribution in [3.8, 4) is 0 Å². The molecule has 98 valence electrons. The fraction of sp³-hybridized carbons (Fsp3) is 0.250. The average molecular weight is 275 g/mol. The number of hydrogen-bond donors (Lipinski definition) is 0. The molecule has 1 aromatic carbocycles. The van der Waals surface area contributed by atoms with E-state index in [4.69, 9.17) is 0 Å². The van der Waals surface area contributed by atoms with Crippen LogP contribution < -0.4 is 0 Å². The van der Waals surface area contributed by atoms with Crippen molar-refractivity contribution in [2.45, 2.75) is 11.8 Å². The van der Waals surface area contributed by atoms with Gasteiger partial charge in [0.05, 0.1) is 16.9 Å². The van der Waals surface area contributed by atoms with Gasteiger partial charge in [0.2, 0.25) is 0 Å². The fourth-order valence-electron chi connectivity index (χ4n) is 1.19. The van der Waals surface area contributed by atoms with Crippen LogP contribution in [0.3, 0.4) is 0 Å². The first-order chi connectivity index (χ1) is 8.17. The summed E-state index contributed by atoms with van der Waals surface area (Å²) in [5.74, 6) is 0. The van der Waals surface area contributed by atoms with Gasteiger partial charge in [-0.25, -0.2) is 10.1 Å². The molecule has 0 spiro atoms. The van der Waals surface area contributed by atoms with Crippen LogP contribution in [0.15, 0.2) is 23.1 Å². The van der Waals surface area contributed by atoms with Crippen molar-refractivity contribution in [3.63, 3.8) is 0 Å². The van der Waals surface area contributed by atoms with E-state index in [-0.39, 0.29) is 9.98 Å². The second kappa shape index (κ2) is 4.56. The number of nitrogens with zero attached hydrogens (tertiary/aromatic N) is 3. The van der Waals surface area contributed by atoms with Gasteiger partial charge in [-0.2, -0.15) is 8.42 Å². The highest BCUT2D eigenvalue weighted by molar-refractivity contribution is 7.89. The molecular weight excluding hydrogens is 266 g/mol. The van der Waals surface area contributed by atoms with Crippen LogP contribution in [-0.4, -0.2) is 29.8 Å². The molecule has 0 aliphatic heterocycles. The SMILES string of the molecule is Cc1ccc(S(=O)(=O)N(C)[N+](=O)[O-])cc1[N+](=O)[O-]. The zero-order valence-electron chi connectivity index (χ0n) is 9.43. The van der Waals surface area contributed by atoms with Crippen LogP contribution in [0, 0.1) is 27.2 Å². The molecule has 0 aromatic heterocycles. The predicted octanol–water partition coefficient (Wildman–Crippen LogP) is 0.715. The molecular formula is C8H9N3O6S. The number of hydrogen-bond acceptors (Lipinski definition) is 6. The number of aryl methyl sites for hydroxylation is 1. The summed E-state index contributed by atoms with van der Waals surface area (Å²) in [6.45, 7) is 1.44. The largest absolute Gasteiger partial charge is 0.313 e. The molecule has 0 heterocycles. The molecule has 0 aliphatic carbocycles. The quantitative estimate of drug-likeness (QED) is 0.588. The molecule has 0 N–H and O–H groups in total. The average Bonchev–Trinajstić information content (AvgIpc) is 2.27. The van der Waals surface area contributed by atoms with Crippen molar-refractivity contribution in [3.05, 3.63) is 44.0 Å². The maximum atomic E-state index is 11.7. The van der Waals surface area contributed by atoms with Crippen molar-refractivity contribution in [1.29, 1.82) is 0 Å². The fourth-order valence-corrected chi connectivity index (χ4v) is 2.17. The van der Waals surface area contributed by atoms with Gasteiger partial charge in [0.15, 0.2) is 5.03 Å². The molecule has 18 heavy (non-hydrogen) atoms. The summed E-state index contributed by atoms with van der Waals surface area (Å²) in [6.07, 6.45) is 0. The van der Waals surface area contributed by atoms with Gasteiger partial charge in [-0.3, -0.25) is 10.1 Å². The Bertz CT molecular complexity index is 611. The molecule has 9 nitrogen and oxygen atoms in total. The van der Waals surface area contributed by atoms with Gasteiger partial charge in [0.25, 0.3) is 5.69 Å². The standard InChI is InChI=1S/C8H9N3O6S/c1-6-3-4-7(5-8(6)10(12)13)18(16,17)9(2)11(14)15/h3-5H,1-2H3. The lowest BCUT2D eigenvalue weighted by Crippen LogP contribution is -2.32. The van der Waals surface area contributed by atoms with Crippen molar-refractivity contribution in [1.82, 2.24) is 4.41 Å². The van der Waals surface area contributed by atoms with Crippen LogP contribution in [0.5, 0.6) is 0 Å². The monoisotopic (exact) mass is 275 g/mol. The maximum Gasteiger partial charge on any atom is 0.313 e. The molecule has 0 atom stereocenters. The Morgan fingerprint density at radius 3 is 2.22 bits per heavy atom. The third kappa shape index (κ3) is 2.37. The number of nitro groups is 2. The van der Waals surface area contributed by atoms with Crippen molar-refractivity contribution < 1.29 is 18.4 Å². The number of benzene rings is 1. The van der Waals surface area contributed by atoms with E-state index in [1.165, 1.54) is 13.0 Å². The molecule has 0 radical (unpaired) electrons. The summed E-state index contributed by atoms with van der Waals surface area (Å²) in [6, 6.07) is 3.10. The number of nitro benzene ring substituents is 1. The van der Waals surface area contributed by atoms with Crippen LogP contribution in [-0.2, 0) is 10.0 Å². The van der Waals surface area contributed by atoms with Crippen molar-refractivity contribution in [2.24, 2.45) is 0 Å². The van der Waals surface area contributed by atoms with E-state index in [9.17, 15) is 28.6 Å². The molecule has 0 fully saturated rings. The Morgan fingerprint density at radius 1 is 1.22 bits per heavy atom. The van der Waals surface area contributed by atoms with E-state index in [0.29, 0.717) is 0 Å². The highest BCUT2D eigenvalue weighted by Crippen LogP contribution is 2.23. The lowest BCUT2D eigenvalue weighted by atomic mass is 10.2. The second-order valence-electron chi connectivity index (χ2n) is 3.38. The first-order valence-electron chi connectivity index (χ1n) is 4.56. The van der Waals surface area contributed by atoms with Crippen LogP contribution in [0.1, 0.15) is 5.56 Å². The Kier molecular flexibility index (Phi) is 3.51.